The first kappa shape index (κ1) is 17.7. The van der Waals surface area contributed by atoms with Crippen molar-refractivity contribution in [3.63, 3.8) is 0 Å². The predicted octanol–water partition coefficient (Wildman–Crippen LogP) is 3.77. The van der Waals surface area contributed by atoms with Crippen LogP contribution in [0.1, 0.15) is 17.5 Å². The molecule has 1 heterocycles. The lowest BCUT2D eigenvalue weighted by molar-refractivity contribution is -0.130. The summed E-state index contributed by atoms with van der Waals surface area (Å²) in [5, 5.41) is 0. The molecule has 1 aliphatic heterocycles. The van der Waals surface area contributed by atoms with E-state index in [0.29, 0.717) is 30.1 Å². The molecule has 0 fully saturated rings. The fraction of sp³-hybridized carbons (Fsp3) is 0.200. The molecule has 0 bridgehead atoms. The highest BCUT2D eigenvalue weighted by molar-refractivity contribution is 6.07. The van der Waals surface area contributed by atoms with Crippen LogP contribution >= 0.6 is 0 Å². The molecule has 0 radical (unpaired) electrons. The van der Waals surface area contributed by atoms with Gasteiger partial charge in [-0.3, -0.25) is 0 Å². The molecular formula is C20H18FNO4. The summed E-state index contributed by atoms with van der Waals surface area (Å²) in [6, 6.07) is 11.7. The second-order valence-corrected chi connectivity index (χ2v) is 5.66. The number of methoxy groups -OCH3 is 2. The lowest BCUT2D eigenvalue weighted by Crippen LogP contribution is -2.05. The van der Waals surface area contributed by atoms with E-state index in [1.54, 1.807) is 7.11 Å². The van der Waals surface area contributed by atoms with Crippen LogP contribution in [-0.4, -0.2) is 26.1 Å². The van der Waals surface area contributed by atoms with E-state index in [2.05, 4.69) is 4.99 Å². The van der Waals surface area contributed by atoms with Gasteiger partial charge < -0.3 is 14.2 Å². The van der Waals surface area contributed by atoms with E-state index in [4.69, 9.17) is 14.2 Å². The third-order valence-corrected chi connectivity index (χ3v) is 3.91. The number of ether oxygens (including phenoxy) is 3. The van der Waals surface area contributed by atoms with Crippen molar-refractivity contribution in [2.75, 3.05) is 14.2 Å². The Kier molecular flexibility index (Phi) is 5.31. The lowest BCUT2D eigenvalue weighted by atomic mass is 10.1. The summed E-state index contributed by atoms with van der Waals surface area (Å²) in [6.45, 7) is 0. The van der Waals surface area contributed by atoms with E-state index in [1.165, 1.54) is 31.4 Å². The van der Waals surface area contributed by atoms with Gasteiger partial charge in [0.2, 0.25) is 0 Å². The Bertz CT molecular complexity index is 889. The Hall–Kier alpha value is -3.15. The Morgan fingerprint density at radius 2 is 1.96 bits per heavy atom. The highest BCUT2D eigenvalue weighted by atomic mass is 19.1. The van der Waals surface area contributed by atoms with Gasteiger partial charge in [-0.25, -0.2) is 14.2 Å². The highest BCUT2D eigenvalue weighted by Crippen LogP contribution is 2.25. The zero-order valence-electron chi connectivity index (χ0n) is 14.5. The smallest absolute Gasteiger partial charge is 0.363 e. The van der Waals surface area contributed by atoms with Gasteiger partial charge in [0.1, 0.15) is 17.3 Å². The second-order valence-electron chi connectivity index (χ2n) is 5.66. The Morgan fingerprint density at radius 3 is 2.73 bits per heavy atom. The van der Waals surface area contributed by atoms with Crippen molar-refractivity contribution in [1.82, 2.24) is 0 Å². The summed E-state index contributed by atoms with van der Waals surface area (Å²) in [6.07, 6.45) is 2.58. The first-order valence-corrected chi connectivity index (χ1v) is 8.07. The molecule has 0 aromatic heterocycles. The Morgan fingerprint density at radius 1 is 1.12 bits per heavy atom. The molecule has 3 rings (SSSR count). The zero-order valence-corrected chi connectivity index (χ0v) is 14.5. The molecular weight excluding hydrogens is 337 g/mol. The minimum Gasteiger partial charge on any atom is -0.497 e. The largest absolute Gasteiger partial charge is 0.497 e. The number of hydrogen-bond acceptors (Lipinski definition) is 5. The third-order valence-electron chi connectivity index (χ3n) is 3.91. The molecule has 0 atom stereocenters. The van der Waals surface area contributed by atoms with Crippen LogP contribution in [0.5, 0.6) is 11.5 Å². The molecule has 0 spiro atoms. The number of carbonyl (C=O) groups excluding carboxylic acids is 1. The standard InChI is InChI=1S/C20H18FNO4/c1-24-16-5-3-4-13(10-16)6-9-19-22-17(20(23)26-19)12-14-11-15(21)7-8-18(14)25-2/h3-5,7-8,10-12H,6,9H2,1-2H3/b17-12+. The fourth-order valence-corrected chi connectivity index (χ4v) is 2.60. The van der Waals surface area contributed by atoms with E-state index >= 15 is 0 Å². The van der Waals surface area contributed by atoms with Gasteiger partial charge in [0, 0.05) is 12.0 Å². The molecule has 2 aromatic carbocycles. The Balaban J connectivity index is 1.75. The average molecular weight is 355 g/mol. The number of nitrogens with zero attached hydrogens (tertiary/aromatic N) is 1. The summed E-state index contributed by atoms with van der Waals surface area (Å²) >= 11 is 0. The monoisotopic (exact) mass is 355 g/mol. The molecule has 0 saturated carbocycles. The van der Waals surface area contributed by atoms with Gasteiger partial charge in [-0.2, -0.15) is 0 Å². The molecule has 2 aromatic rings. The number of aryl methyl sites for hydroxylation is 1. The fourth-order valence-electron chi connectivity index (χ4n) is 2.60. The van der Waals surface area contributed by atoms with E-state index in [-0.39, 0.29) is 5.70 Å². The maximum atomic E-state index is 13.5. The SMILES string of the molecule is COc1cccc(CCC2=N/C(=C/c3cc(F)ccc3OC)C(=O)O2)c1. The van der Waals surface area contributed by atoms with Gasteiger partial charge in [0.25, 0.3) is 0 Å². The van der Waals surface area contributed by atoms with Crippen LogP contribution in [0.25, 0.3) is 6.08 Å². The molecule has 1 aliphatic rings. The molecule has 0 unspecified atom stereocenters. The summed E-state index contributed by atoms with van der Waals surface area (Å²) in [7, 11) is 3.09. The van der Waals surface area contributed by atoms with Gasteiger partial charge in [-0.1, -0.05) is 12.1 Å². The van der Waals surface area contributed by atoms with E-state index < -0.39 is 11.8 Å². The molecule has 134 valence electrons. The summed E-state index contributed by atoms with van der Waals surface area (Å²) < 4.78 is 29.0. The topological polar surface area (TPSA) is 57.1 Å². The maximum Gasteiger partial charge on any atom is 0.363 e. The first-order chi connectivity index (χ1) is 12.6. The van der Waals surface area contributed by atoms with Gasteiger partial charge in [0.15, 0.2) is 11.6 Å². The molecule has 5 nitrogen and oxygen atoms in total. The summed E-state index contributed by atoms with van der Waals surface area (Å²) in [5.74, 6) is 0.570. The number of rotatable bonds is 6. The first-order valence-electron chi connectivity index (χ1n) is 8.07. The highest BCUT2D eigenvalue weighted by Gasteiger charge is 2.23. The van der Waals surface area contributed by atoms with E-state index in [1.807, 2.05) is 24.3 Å². The van der Waals surface area contributed by atoms with Crippen LogP contribution in [0.4, 0.5) is 4.39 Å². The minimum absolute atomic E-state index is 0.120. The van der Waals surface area contributed by atoms with Crippen molar-refractivity contribution in [2.24, 2.45) is 4.99 Å². The molecule has 0 amide bonds. The van der Waals surface area contributed by atoms with Crippen molar-refractivity contribution in [3.8, 4) is 11.5 Å². The molecule has 26 heavy (non-hydrogen) atoms. The number of esters is 1. The average Bonchev–Trinajstić information content (AvgIpc) is 3.00. The molecule has 0 aliphatic carbocycles. The number of cyclic esters (lactones) is 1. The van der Waals surface area contributed by atoms with Crippen molar-refractivity contribution < 1.29 is 23.4 Å². The van der Waals surface area contributed by atoms with Crippen molar-refractivity contribution in [2.45, 2.75) is 12.8 Å². The molecule has 0 N–H and O–H groups in total. The van der Waals surface area contributed by atoms with Crippen LogP contribution in [0, 0.1) is 5.82 Å². The molecule has 0 saturated heterocycles. The maximum absolute atomic E-state index is 13.5. The van der Waals surface area contributed by atoms with Crippen LogP contribution < -0.4 is 9.47 Å². The van der Waals surface area contributed by atoms with Crippen LogP contribution in [0.15, 0.2) is 53.2 Å². The van der Waals surface area contributed by atoms with Gasteiger partial charge >= 0.3 is 5.97 Å². The van der Waals surface area contributed by atoms with Crippen molar-refractivity contribution in [3.05, 3.63) is 65.1 Å². The van der Waals surface area contributed by atoms with Crippen LogP contribution in [0.2, 0.25) is 0 Å². The van der Waals surface area contributed by atoms with E-state index in [9.17, 15) is 9.18 Å². The van der Waals surface area contributed by atoms with E-state index in [0.717, 1.165) is 11.3 Å². The van der Waals surface area contributed by atoms with Crippen molar-refractivity contribution >= 4 is 17.9 Å². The number of benzene rings is 2. The third kappa shape index (κ3) is 4.08. The van der Waals surface area contributed by atoms with Crippen LogP contribution in [0.3, 0.4) is 0 Å². The van der Waals surface area contributed by atoms with Gasteiger partial charge in [-0.05, 0) is 48.4 Å². The summed E-state index contributed by atoms with van der Waals surface area (Å²) in [4.78, 5) is 16.2. The number of hydrogen-bond donors (Lipinski definition) is 0. The van der Waals surface area contributed by atoms with Crippen molar-refractivity contribution in [1.29, 1.82) is 0 Å². The van der Waals surface area contributed by atoms with Gasteiger partial charge in [-0.15, -0.1) is 0 Å². The van der Waals surface area contributed by atoms with Gasteiger partial charge in [0.05, 0.1) is 14.2 Å². The lowest BCUT2D eigenvalue weighted by Gasteiger charge is -2.04. The quantitative estimate of drug-likeness (QED) is 0.585. The number of halogens is 1. The second kappa shape index (κ2) is 7.82. The normalized spacial score (nSPS) is 15.0. The predicted molar refractivity (Wildman–Crippen MR) is 95.8 cm³/mol. The Labute approximate surface area is 150 Å². The minimum atomic E-state index is -0.558. The zero-order chi connectivity index (χ0) is 18.5. The number of carbonyl (C=O) groups is 1. The number of aliphatic imine (C=N–C) groups is 1. The summed E-state index contributed by atoms with van der Waals surface area (Å²) in [5.41, 5.74) is 1.60. The molecule has 6 heteroatoms. The van der Waals surface area contributed by atoms with Crippen LogP contribution in [-0.2, 0) is 16.0 Å².